The highest BCUT2D eigenvalue weighted by Gasteiger charge is 2.39. The zero-order valence-corrected chi connectivity index (χ0v) is 18.0. The van der Waals surface area contributed by atoms with Crippen LogP contribution in [0.5, 0.6) is 0 Å². The van der Waals surface area contributed by atoms with Gasteiger partial charge in [0.15, 0.2) is 0 Å². The summed E-state index contributed by atoms with van der Waals surface area (Å²) in [5.74, 6) is 0. The van der Waals surface area contributed by atoms with E-state index in [1.807, 2.05) is 7.11 Å². The number of nitrogens with zero attached hydrogens (tertiary/aromatic N) is 3. The molecule has 0 aromatic heterocycles. The van der Waals surface area contributed by atoms with E-state index in [1.54, 1.807) is 0 Å². The first-order chi connectivity index (χ1) is 14.3. The van der Waals surface area contributed by atoms with E-state index < -0.39 is 0 Å². The second-order valence-electron chi connectivity index (χ2n) is 9.68. The highest BCUT2D eigenvalue weighted by molar-refractivity contribution is 5.57. The van der Waals surface area contributed by atoms with Crippen molar-refractivity contribution in [1.82, 2.24) is 4.90 Å². The molecule has 1 spiro atoms. The Morgan fingerprint density at radius 1 is 0.966 bits per heavy atom. The minimum absolute atomic E-state index is 0.508. The third-order valence-electron chi connectivity index (χ3n) is 7.99. The Balaban J connectivity index is 1.19. The largest absolute Gasteiger partial charge is 0.383 e. The van der Waals surface area contributed by atoms with Crippen LogP contribution < -0.4 is 9.80 Å². The van der Waals surface area contributed by atoms with Crippen LogP contribution >= 0.6 is 0 Å². The Hall–Kier alpha value is -1.30. The number of methoxy groups -OCH3 is 1. The molecule has 4 saturated heterocycles. The summed E-state index contributed by atoms with van der Waals surface area (Å²) in [6.07, 6.45) is 7.68. The first kappa shape index (κ1) is 19.7. The van der Waals surface area contributed by atoms with Crippen molar-refractivity contribution in [3.05, 3.63) is 24.3 Å². The number of rotatable bonds is 5. The van der Waals surface area contributed by atoms with Gasteiger partial charge in [-0.2, -0.15) is 0 Å². The van der Waals surface area contributed by atoms with E-state index >= 15 is 0 Å². The summed E-state index contributed by atoms with van der Waals surface area (Å²) in [5.41, 5.74) is 3.29. The van der Waals surface area contributed by atoms with Gasteiger partial charge in [0.1, 0.15) is 0 Å². The molecule has 4 aliphatic rings. The molecular weight excluding hydrogens is 362 g/mol. The van der Waals surface area contributed by atoms with E-state index in [2.05, 4.69) is 39.0 Å². The summed E-state index contributed by atoms with van der Waals surface area (Å²) in [6.45, 7) is 8.76. The molecule has 4 aliphatic heterocycles. The SMILES string of the molecule is COCC1CCCN1C1CCN(c2ccc(N3CCC4(CCOCC4)C3)cc2)C1. The monoisotopic (exact) mass is 399 g/mol. The molecule has 0 amide bonds. The lowest BCUT2D eigenvalue weighted by molar-refractivity contribution is 0.0254. The quantitative estimate of drug-likeness (QED) is 0.757. The van der Waals surface area contributed by atoms with Crippen molar-refractivity contribution in [2.24, 2.45) is 5.41 Å². The molecule has 2 atom stereocenters. The zero-order chi connectivity index (χ0) is 19.7. The molecule has 0 bridgehead atoms. The maximum absolute atomic E-state index is 5.60. The molecule has 5 heteroatoms. The van der Waals surface area contributed by atoms with E-state index in [1.165, 1.54) is 76.1 Å². The van der Waals surface area contributed by atoms with Gasteiger partial charge in [-0.15, -0.1) is 0 Å². The molecule has 4 fully saturated rings. The predicted molar refractivity (Wildman–Crippen MR) is 118 cm³/mol. The van der Waals surface area contributed by atoms with Gasteiger partial charge in [0.05, 0.1) is 6.61 Å². The van der Waals surface area contributed by atoms with Gasteiger partial charge in [-0.25, -0.2) is 0 Å². The molecule has 0 saturated carbocycles. The van der Waals surface area contributed by atoms with Gasteiger partial charge in [-0.05, 0) is 74.8 Å². The van der Waals surface area contributed by atoms with Crippen LogP contribution in [-0.2, 0) is 9.47 Å². The number of ether oxygens (including phenoxy) is 2. The second-order valence-corrected chi connectivity index (χ2v) is 9.68. The average Bonchev–Trinajstić information content (AvgIpc) is 3.49. The minimum Gasteiger partial charge on any atom is -0.383 e. The molecule has 29 heavy (non-hydrogen) atoms. The molecule has 0 N–H and O–H groups in total. The first-order valence-electron chi connectivity index (χ1n) is 11.7. The Morgan fingerprint density at radius 3 is 2.48 bits per heavy atom. The van der Waals surface area contributed by atoms with Crippen LogP contribution in [0.1, 0.15) is 38.5 Å². The van der Waals surface area contributed by atoms with Gasteiger partial charge < -0.3 is 19.3 Å². The summed E-state index contributed by atoms with van der Waals surface area (Å²) in [7, 11) is 1.84. The summed E-state index contributed by atoms with van der Waals surface area (Å²) in [6, 6.07) is 10.7. The van der Waals surface area contributed by atoms with E-state index in [-0.39, 0.29) is 0 Å². The average molecular weight is 400 g/mol. The normalized spacial score (nSPS) is 30.0. The van der Waals surface area contributed by atoms with Gasteiger partial charge in [0.25, 0.3) is 0 Å². The predicted octanol–water partition coefficient (Wildman–Crippen LogP) is 3.38. The van der Waals surface area contributed by atoms with Gasteiger partial charge in [-0.1, -0.05) is 0 Å². The van der Waals surface area contributed by atoms with Gasteiger partial charge in [-0.3, -0.25) is 4.90 Å². The summed E-state index contributed by atoms with van der Waals surface area (Å²) in [4.78, 5) is 7.90. The number of anilines is 2. The van der Waals surface area contributed by atoms with Gasteiger partial charge >= 0.3 is 0 Å². The van der Waals surface area contributed by atoms with Crippen molar-refractivity contribution in [2.45, 2.75) is 50.6 Å². The molecule has 0 radical (unpaired) electrons. The molecule has 1 aromatic carbocycles. The lowest BCUT2D eigenvalue weighted by Gasteiger charge is -2.33. The zero-order valence-electron chi connectivity index (χ0n) is 18.0. The summed E-state index contributed by atoms with van der Waals surface area (Å²) in [5, 5.41) is 0. The Bertz CT molecular complexity index is 673. The number of benzene rings is 1. The van der Waals surface area contributed by atoms with E-state index in [0.717, 1.165) is 26.4 Å². The standard InChI is InChI=1S/C24H37N3O2/c1-28-18-23-3-2-12-27(23)22-8-13-25(17-22)20-4-6-21(7-5-20)26-14-9-24(19-26)10-15-29-16-11-24/h4-7,22-23H,2-3,8-19H2,1H3. The van der Waals surface area contributed by atoms with Crippen LogP contribution in [0.25, 0.3) is 0 Å². The van der Waals surface area contributed by atoms with Crippen LogP contribution in [0.2, 0.25) is 0 Å². The third kappa shape index (κ3) is 4.01. The van der Waals surface area contributed by atoms with Crippen molar-refractivity contribution >= 4 is 11.4 Å². The van der Waals surface area contributed by atoms with Crippen molar-refractivity contribution in [3.63, 3.8) is 0 Å². The maximum Gasteiger partial charge on any atom is 0.0618 e. The topological polar surface area (TPSA) is 28.2 Å². The molecule has 5 rings (SSSR count). The molecule has 160 valence electrons. The minimum atomic E-state index is 0.508. The van der Waals surface area contributed by atoms with Gasteiger partial charge in [0.2, 0.25) is 0 Å². The third-order valence-corrected chi connectivity index (χ3v) is 7.99. The number of hydrogen-bond acceptors (Lipinski definition) is 5. The Morgan fingerprint density at radius 2 is 1.72 bits per heavy atom. The summed E-state index contributed by atoms with van der Waals surface area (Å²) < 4.78 is 11.1. The summed E-state index contributed by atoms with van der Waals surface area (Å²) >= 11 is 0. The van der Waals surface area contributed by atoms with Crippen LogP contribution in [0.15, 0.2) is 24.3 Å². The van der Waals surface area contributed by atoms with Crippen molar-refractivity contribution in [2.75, 3.05) is 69.5 Å². The number of likely N-dealkylation sites (tertiary alicyclic amines) is 1. The fraction of sp³-hybridized carbons (Fsp3) is 0.750. The molecule has 2 unspecified atom stereocenters. The van der Waals surface area contributed by atoms with E-state index in [9.17, 15) is 0 Å². The fourth-order valence-corrected chi connectivity index (χ4v) is 6.20. The fourth-order valence-electron chi connectivity index (χ4n) is 6.20. The van der Waals surface area contributed by atoms with Crippen molar-refractivity contribution in [3.8, 4) is 0 Å². The lowest BCUT2D eigenvalue weighted by atomic mass is 9.80. The Kier molecular flexibility index (Phi) is 5.72. The smallest absolute Gasteiger partial charge is 0.0618 e. The highest BCUT2D eigenvalue weighted by atomic mass is 16.5. The van der Waals surface area contributed by atoms with Crippen molar-refractivity contribution < 1.29 is 9.47 Å². The van der Waals surface area contributed by atoms with Crippen LogP contribution in [0.4, 0.5) is 11.4 Å². The van der Waals surface area contributed by atoms with Crippen molar-refractivity contribution in [1.29, 1.82) is 0 Å². The highest BCUT2D eigenvalue weighted by Crippen LogP contribution is 2.41. The molecular formula is C24H37N3O2. The lowest BCUT2D eigenvalue weighted by Crippen LogP contribution is -2.42. The maximum atomic E-state index is 5.60. The molecule has 4 heterocycles. The Labute approximate surface area is 175 Å². The van der Waals surface area contributed by atoms with E-state index in [0.29, 0.717) is 17.5 Å². The van der Waals surface area contributed by atoms with Crippen LogP contribution in [0, 0.1) is 5.41 Å². The molecule has 0 aliphatic carbocycles. The molecule has 1 aromatic rings. The molecule has 5 nitrogen and oxygen atoms in total. The van der Waals surface area contributed by atoms with E-state index in [4.69, 9.17) is 9.47 Å². The first-order valence-corrected chi connectivity index (χ1v) is 11.7. The number of hydrogen-bond donors (Lipinski definition) is 0. The van der Waals surface area contributed by atoms with Crippen LogP contribution in [0.3, 0.4) is 0 Å². The van der Waals surface area contributed by atoms with Crippen LogP contribution in [-0.4, -0.2) is 76.6 Å². The van der Waals surface area contributed by atoms with Gasteiger partial charge in [0, 0.05) is 70.0 Å². The second kappa shape index (κ2) is 8.44.